The van der Waals surface area contributed by atoms with Gasteiger partial charge >= 0.3 is 0 Å². The summed E-state index contributed by atoms with van der Waals surface area (Å²) in [5.41, 5.74) is 6.84. The molecule has 1 aromatic rings. The molecule has 21 heavy (non-hydrogen) atoms. The van der Waals surface area contributed by atoms with Crippen LogP contribution in [0.1, 0.15) is 18.9 Å². The van der Waals surface area contributed by atoms with Crippen molar-refractivity contribution in [2.75, 3.05) is 26.9 Å². The average Bonchev–Trinajstić information content (AvgIpc) is 2.70. The third kappa shape index (κ3) is 4.53. The normalized spacial score (nSPS) is 16.2. The first-order chi connectivity index (χ1) is 10.2. The van der Waals surface area contributed by atoms with Gasteiger partial charge in [-0.05, 0) is 13.0 Å². The monoisotopic (exact) mass is 293 g/mol. The Morgan fingerprint density at radius 3 is 3.05 bits per heavy atom. The molecule has 6 nitrogen and oxygen atoms in total. The van der Waals surface area contributed by atoms with E-state index in [1.165, 1.54) is 0 Å². The van der Waals surface area contributed by atoms with E-state index in [0.29, 0.717) is 32.3 Å². The SMILES string of the molecule is COCC(C)NC(N)=NCc1cccc2c1OCCCO2. The lowest BCUT2D eigenvalue weighted by molar-refractivity contribution is 0.179. The highest BCUT2D eigenvalue weighted by molar-refractivity contribution is 5.78. The van der Waals surface area contributed by atoms with Crippen molar-refractivity contribution in [1.29, 1.82) is 0 Å². The minimum Gasteiger partial charge on any atom is -0.490 e. The molecule has 0 fully saturated rings. The Balaban J connectivity index is 2.02. The summed E-state index contributed by atoms with van der Waals surface area (Å²) < 4.78 is 16.5. The zero-order valence-corrected chi connectivity index (χ0v) is 12.6. The standard InChI is InChI=1S/C15H23N3O3/c1-11(10-19-2)18-15(16)17-9-12-5-3-6-13-14(12)21-8-4-7-20-13/h3,5-6,11H,4,7-10H2,1-2H3,(H3,16,17,18). The van der Waals surface area contributed by atoms with Crippen LogP contribution in [0, 0.1) is 0 Å². The Morgan fingerprint density at radius 1 is 1.43 bits per heavy atom. The minimum atomic E-state index is 0.117. The maximum absolute atomic E-state index is 5.87. The van der Waals surface area contributed by atoms with Crippen LogP contribution in [0.4, 0.5) is 0 Å². The largest absolute Gasteiger partial charge is 0.490 e. The van der Waals surface area contributed by atoms with Gasteiger partial charge in [-0.3, -0.25) is 0 Å². The van der Waals surface area contributed by atoms with Gasteiger partial charge in [0.15, 0.2) is 17.5 Å². The average molecular weight is 293 g/mol. The van der Waals surface area contributed by atoms with Crippen LogP contribution in [-0.4, -0.2) is 38.9 Å². The summed E-state index contributed by atoms with van der Waals surface area (Å²) in [7, 11) is 1.65. The second-order valence-electron chi connectivity index (χ2n) is 5.00. The van der Waals surface area contributed by atoms with E-state index < -0.39 is 0 Å². The van der Waals surface area contributed by atoms with Gasteiger partial charge in [0, 0.05) is 25.1 Å². The highest BCUT2D eigenvalue weighted by Gasteiger charge is 2.14. The maximum Gasteiger partial charge on any atom is 0.189 e. The van der Waals surface area contributed by atoms with Gasteiger partial charge in [-0.15, -0.1) is 0 Å². The van der Waals surface area contributed by atoms with E-state index in [2.05, 4.69) is 10.3 Å². The Hall–Kier alpha value is -1.95. The van der Waals surface area contributed by atoms with Crippen LogP contribution in [-0.2, 0) is 11.3 Å². The highest BCUT2D eigenvalue weighted by Crippen LogP contribution is 2.33. The fourth-order valence-corrected chi connectivity index (χ4v) is 2.14. The van der Waals surface area contributed by atoms with Crippen LogP contribution in [0.15, 0.2) is 23.2 Å². The van der Waals surface area contributed by atoms with E-state index in [4.69, 9.17) is 19.9 Å². The third-order valence-corrected chi connectivity index (χ3v) is 3.08. The zero-order valence-electron chi connectivity index (χ0n) is 12.6. The Morgan fingerprint density at radius 2 is 2.24 bits per heavy atom. The molecule has 1 atom stereocenters. The van der Waals surface area contributed by atoms with E-state index in [1.54, 1.807) is 7.11 Å². The molecule has 0 bridgehead atoms. The molecule has 0 aromatic heterocycles. The second-order valence-corrected chi connectivity index (χ2v) is 5.00. The molecular formula is C15H23N3O3. The number of hydrogen-bond donors (Lipinski definition) is 2. The summed E-state index contributed by atoms with van der Waals surface area (Å²) in [5.74, 6) is 1.95. The van der Waals surface area contributed by atoms with Gasteiger partial charge in [0.2, 0.25) is 0 Å². The molecule has 0 saturated carbocycles. The molecule has 3 N–H and O–H groups in total. The van der Waals surface area contributed by atoms with Crippen molar-refractivity contribution in [2.24, 2.45) is 10.7 Å². The minimum absolute atomic E-state index is 0.117. The molecule has 0 spiro atoms. The molecular weight excluding hydrogens is 270 g/mol. The van der Waals surface area contributed by atoms with Crippen molar-refractivity contribution in [3.05, 3.63) is 23.8 Å². The van der Waals surface area contributed by atoms with E-state index in [-0.39, 0.29) is 6.04 Å². The molecule has 0 saturated heterocycles. The number of rotatable bonds is 5. The van der Waals surface area contributed by atoms with E-state index >= 15 is 0 Å². The van der Waals surface area contributed by atoms with Crippen molar-refractivity contribution in [3.63, 3.8) is 0 Å². The molecule has 1 aliphatic rings. The lowest BCUT2D eigenvalue weighted by Gasteiger charge is -2.14. The first kappa shape index (κ1) is 15.4. The van der Waals surface area contributed by atoms with Crippen LogP contribution >= 0.6 is 0 Å². The van der Waals surface area contributed by atoms with Gasteiger partial charge in [0.1, 0.15) is 0 Å². The predicted molar refractivity (Wildman–Crippen MR) is 81.8 cm³/mol. The predicted octanol–water partition coefficient (Wildman–Crippen LogP) is 1.29. The number of hydrogen-bond acceptors (Lipinski definition) is 4. The molecule has 0 amide bonds. The Labute approximate surface area is 125 Å². The van der Waals surface area contributed by atoms with Gasteiger partial charge in [-0.2, -0.15) is 0 Å². The number of ether oxygens (including phenoxy) is 3. The molecule has 0 radical (unpaired) electrons. The summed E-state index contributed by atoms with van der Waals surface area (Å²) in [6.45, 7) is 4.35. The number of fused-ring (bicyclic) bond motifs is 1. The molecule has 6 heteroatoms. The van der Waals surface area contributed by atoms with Crippen LogP contribution in [0.25, 0.3) is 0 Å². The van der Waals surface area contributed by atoms with Crippen molar-refractivity contribution in [1.82, 2.24) is 5.32 Å². The Kier molecular flexibility index (Phi) is 5.68. The van der Waals surface area contributed by atoms with E-state index in [9.17, 15) is 0 Å². The molecule has 1 heterocycles. The number of nitrogens with zero attached hydrogens (tertiary/aromatic N) is 1. The van der Waals surface area contributed by atoms with Gasteiger partial charge in [0.05, 0.1) is 26.4 Å². The first-order valence-electron chi connectivity index (χ1n) is 7.13. The van der Waals surface area contributed by atoms with Gasteiger partial charge < -0.3 is 25.3 Å². The summed E-state index contributed by atoms with van der Waals surface area (Å²) in [4.78, 5) is 4.35. The van der Waals surface area contributed by atoms with Crippen molar-refractivity contribution >= 4 is 5.96 Å². The first-order valence-corrected chi connectivity index (χ1v) is 7.13. The fourth-order valence-electron chi connectivity index (χ4n) is 2.14. The smallest absolute Gasteiger partial charge is 0.189 e. The molecule has 116 valence electrons. The molecule has 0 aliphatic carbocycles. The van der Waals surface area contributed by atoms with Gasteiger partial charge in [-0.1, -0.05) is 12.1 Å². The quantitative estimate of drug-likeness (QED) is 0.632. The molecule has 1 unspecified atom stereocenters. The number of guanidine groups is 1. The summed E-state index contributed by atoms with van der Waals surface area (Å²) in [6.07, 6.45) is 0.885. The summed E-state index contributed by atoms with van der Waals surface area (Å²) >= 11 is 0. The maximum atomic E-state index is 5.87. The zero-order chi connectivity index (χ0) is 15.1. The van der Waals surface area contributed by atoms with Crippen LogP contribution in [0.5, 0.6) is 11.5 Å². The topological polar surface area (TPSA) is 78.1 Å². The number of para-hydroxylation sites is 1. The number of benzene rings is 1. The van der Waals surface area contributed by atoms with Crippen molar-refractivity contribution in [2.45, 2.75) is 25.9 Å². The third-order valence-electron chi connectivity index (χ3n) is 3.08. The second kappa shape index (κ2) is 7.73. The van der Waals surface area contributed by atoms with E-state index in [0.717, 1.165) is 23.5 Å². The molecule has 2 rings (SSSR count). The Bertz CT molecular complexity index is 491. The lowest BCUT2D eigenvalue weighted by Crippen LogP contribution is -2.40. The fraction of sp³-hybridized carbons (Fsp3) is 0.533. The number of methoxy groups -OCH3 is 1. The molecule has 1 aromatic carbocycles. The number of nitrogens with one attached hydrogen (secondary N) is 1. The highest BCUT2D eigenvalue weighted by atomic mass is 16.5. The van der Waals surface area contributed by atoms with Crippen LogP contribution < -0.4 is 20.5 Å². The summed E-state index contributed by atoms with van der Waals surface area (Å²) in [5, 5.41) is 3.07. The number of aliphatic imine (C=N–C) groups is 1. The molecule has 1 aliphatic heterocycles. The van der Waals surface area contributed by atoms with Crippen molar-refractivity contribution < 1.29 is 14.2 Å². The van der Waals surface area contributed by atoms with Crippen LogP contribution in [0.2, 0.25) is 0 Å². The van der Waals surface area contributed by atoms with Crippen LogP contribution in [0.3, 0.4) is 0 Å². The lowest BCUT2D eigenvalue weighted by atomic mass is 10.2. The van der Waals surface area contributed by atoms with Gasteiger partial charge in [-0.25, -0.2) is 4.99 Å². The number of nitrogens with two attached hydrogens (primary N) is 1. The van der Waals surface area contributed by atoms with E-state index in [1.807, 2.05) is 25.1 Å². The van der Waals surface area contributed by atoms with Crippen molar-refractivity contribution in [3.8, 4) is 11.5 Å². The van der Waals surface area contributed by atoms with Gasteiger partial charge in [0.25, 0.3) is 0 Å². The summed E-state index contributed by atoms with van der Waals surface area (Å²) in [6, 6.07) is 5.94.